The van der Waals surface area contributed by atoms with E-state index in [9.17, 15) is 0 Å². The maximum Gasteiger partial charge on any atom is 0.0541 e. The molecule has 1 unspecified atom stereocenters. The standard InChI is InChI=1S/C25H32N4/c1-2-7-19(8-3-1)28-24-11-6-10-21-22-15-18(12-13-23(22)29-25(21)24)16-26-17-20-9-4-5-14-27-20/h4-5,9,12-15,19,24,26,28-29H,1-3,6-8,10-11,16-17H2. The second kappa shape index (κ2) is 8.68. The lowest BCUT2D eigenvalue weighted by molar-refractivity contribution is 0.318. The second-order valence-electron chi connectivity index (χ2n) is 8.77. The monoisotopic (exact) mass is 388 g/mol. The molecule has 0 saturated heterocycles. The van der Waals surface area contributed by atoms with Crippen LogP contribution in [0, 0.1) is 0 Å². The molecular formula is C25H32N4. The predicted octanol–water partition coefficient (Wildman–Crippen LogP) is 5.15. The Balaban J connectivity index is 1.31. The molecule has 5 rings (SSSR count). The van der Waals surface area contributed by atoms with Gasteiger partial charge in [0.15, 0.2) is 0 Å². The molecule has 2 aromatic heterocycles. The highest BCUT2D eigenvalue weighted by atomic mass is 15.0. The van der Waals surface area contributed by atoms with Crippen LogP contribution in [0.4, 0.5) is 0 Å². The Hall–Kier alpha value is -2.17. The highest BCUT2D eigenvalue weighted by Crippen LogP contribution is 2.36. The van der Waals surface area contributed by atoms with Crippen LogP contribution in [0.1, 0.15) is 73.5 Å². The van der Waals surface area contributed by atoms with E-state index >= 15 is 0 Å². The molecule has 0 aliphatic heterocycles. The van der Waals surface area contributed by atoms with Gasteiger partial charge in [-0.1, -0.05) is 31.4 Å². The minimum Gasteiger partial charge on any atom is -0.357 e. The highest BCUT2D eigenvalue weighted by molar-refractivity contribution is 5.85. The topological polar surface area (TPSA) is 52.7 Å². The van der Waals surface area contributed by atoms with Gasteiger partial charge in [-0.3, -0.25) is 4.98 Å². The molecule has 29 heavy (non-hydrogen) atoms. The number of hydrogen-bond acceptors (Lipinski definition) is 3. The molecule has 2 heterocycles. The number of hydrogen-bond donors (Lipinski definition) is 3. The number of nitrogens with one attached hydrogen (secondary N) is 3. The minimum absolute atomic E-state index is 0.500. The number of pyridine rings is 1. The van der Waals surface area contributed by atoms with Gasteiger partial charge in [0.2, 0.25) is 0 Å². The Morgan fingerprint density at radius 3 is 2.76 bits per heavy atom. The van der Waals surface area contributed by atoms with Crippen LogP contribution < -0.4 is 10.6 Å². The van der Waals surface area contributed by atoms with Gasteiger partial charge in [-0.05, 0) is 67.5 Å². The molecule has 4 nitrogen and oxygen atoms in total. The van der Waals surface area contributed by atoms with Crippen molar-refractivity contribution in [3.63, 3.8) is 0 Å². The van der Waals surface area contributed by atoms with Gasteiger partial charge >= 0.3 is 0 Å². The van der Waals surface area contributed by atoms with E-state index < -0.39 is 0 Å². The molecule has 1 aromatic carbocycles. The number of nitrogens with zero attached hydrogens (tertiary/aromatic N) is 1. The van der Waals surface area contributed by atoms with Crippen molar-refractivity contribution in [3.8, 4) is 0 Å². The third-order valence-electron chi connectivity index (χ3n) is 6.68. The van der Waals surface area contributed by atoms with E-state index in [2.05, 4.69) is 44.9 Å². The molecule has 0 radical (unpaired) electrons. The molecule has 3 N–H and O–H groups in total. The SMILES string of the molecule is c1ccc(CNCc2ccc3[nH]c4c(c3c2)CCCC4NC2CCCCC2)nc1. The van der Waals surface area contributed by atoms with E-state index in [1.54, 1.807) is 5.56 Å². The lowest BCUT2D eigenvalue weighted by Crippen LogP contribution is -2.36. The second-order valence-corrected chi connectivity index (χ2v) is 8.77. The fraction of sp³-hybridized carbons (Fsp3) is 0.480. The van der Waals surface area contributed by atoms with Gasteiger partial charge in [-0.25, -0.2) is 0 Å². The van der Waals surface area contributed by atoms with Crippen LogP contribution in [0.2, 0.25) is 0 Å². The average molecular weight is 389 g/mol. The van der Waals surface area contributed by atoms with Gasteiger partial charge in [-0.15, -0.1) is 0 Å². The molecule has 0 amide bonds. The maximum atomic E-state index is 4.39. The van der Waals surface area contributed by atoms with Gasteiger partial charge in [-0.2, -0.15) is 0 Å². The van der Waals surface area contributed by atoms with Crippen LogP contribution in [0.15, 0.2) is 42.6 Å². The van der Waals surface area contributed by atoms with Crippen molar-refractivity contribution in [1.82, 2.24) is 20.6 Å². The molecule has 1 atom stereocenters. The summed E-state index contributed by atoms with van der Waals surface area (Å²) in [4.78, 5) is 8.16. The number of aryl methyl sites for hydroxylation is 1. The van der Waals surface area contributed by atoms with E-state index in [1.807, 2.05) is 18.3 Å². The summed E-state index contributed by atoms with van der Waals surface area (Å²) in [6.07, 6.45) is 12.5. The van der Waals surface area contributed by atoms with E-state index in [-0.39, 0.29) is 0 Å². The number of aromatic amines is 1. The van der Waals surface area contributed by atoms with Crippen LogP contribution in [0.25, 0.3) is 10.9 Å². The van der Waals surface area contributed by atoms with Crippen molar-refractivity contribution in [2.75, 3.05) is 0 Å². The maximum absolute atomic E-state index is 4.39. The zero-order valence-corrected chi connectivity index (χ0v) is 17.2. The van der Waals surface area contributed by atoms with Crippen LogP contribution in [-0.2, 0) is 19.5 Å². The van der Waals surface area contributed by atoms with Gasteiger partial charge in [0.25, 0.3) is 0 Å². The molecule has 152 valence electrons. The number of aromatic nitrogens is 2. The number of fused-ring (bicyclic) bond motifs is 3. The smallest absolute Gasteiger partial charge is 0.0541 e. The molecule has 0 bridgehead atoms. The Morgan fingerprint density at radius 2 is 1.90 bits per heavy atom. The van der Waals surface area contributed by atoms with Crippen molar-refractivity contribution < 1.29 is 0 Å². The molecule has 0 spiro atoms. The van der Waals surface area contributed by atoms with Crippen LogP contribution >= 0.6 is 0 Å². The first-order chi connectivity index (χ1) is 14.4. The number of H-pyrrole nitrogens is 1. The van der Waals surface area contributed by atoms with Gasteiger partial charge in [0.1, 0.15) is 0 Å². The summed E-state index contributed by atoms with van der Waals surface area (Å²) >= 11 is 0. The zero-order valence-electron chi connectivity index (χ0n) is 17.2. The van der Waals surface area contributed by atoms with Gasteiger partial charge in [0, 0.05) is 48.0 Å². The normalized spacial score (nSPS) is 20.1. The first-order valence-corrected chi connectivity index (χ1v) is 11.4. The Morgan fingerprint density at radius 1 is 0.966 bits per heavy atom. The Kier molecular flexibility index (Phi) is 5.64. The van der Waals surface area contributed by atoms with E-state index in [0.717, 1.165) is 18.8 Å². The molecule has 1 saturated carbocycles. The third kappa shape index (κ3) is 4.24. The summed E-state index contributed by atoms with van der Waals surface area (Å²) in [5.74, 6) is 0. The number of rotatable bonds is 6. The summed E-state index contributed by atoms with van der Waals surface area (Å²) in [5, 5.41) is 8.95. The van der Waals surface area contributed by atoms with Gasteiger partial charge in [0.05, 0.1) is 5.69 Å². The summed E-state index contributed by atoms with van der Waals surface area (Å²) < 4.78 is 0. The molecule has 2 aliphatic rings. The fourth-order valence-corrected chi connectivity index (χ4v) is 5.18. The average Bonchev–Trinajstić information content (AvgIpc) is 3.14. The highest BCUT2D eigenvalue weighted by Gasteiger charge is 2.26. The van der Waals surface area contributed by atoms with Crippen molar-refractivity contribution >= 4 is 10.9 Å². The Bertz CT molecular complexity index is 940. The summed E-state index contributed by atoms with van der Waals surface area (Å²) in [6, 6.07) is 14.2. The van der Waals surface area contributed by atoms with E-state index in [4.69, 9.17) is 0 Å². The lowest BCUT2D eigenvalue weighted by atomic mass is 9.89. The third-order valence-corrected chi connectivity index (χ3v) is 6.68. The van der Waals surface area contributed by atoms with E-state index in [0.29, 0.717) is 12.1 Å². The summed E-state index contributed by atoms with van der Waals surface area (Å²) in [5.41, 5.74) is 6.73. The van der Waals surface area contributed by atoms with Crippen LogP contribution in [-0.4, -0.2) is 16.0 Å². The first-order valence-electron chi connectivity index (χ1n) is 11.4. The molecule has 1 fully saturated rings. The molecule has 3 aromatic rings. The molecule has 4 heteroatoms. The summed E-state index contributed by atoms with van der Waals surface area (Å²) in [6.45, 7) is 1.67. The minimum atomic E-state index is 0.500. The molecular weight excluding hydrogens is 356 g/mol. The van der Waals surface area contributed by atoms with Crippen molar-refractivity contribution in [3.05, 3.63) is 65.1 Å². The van der Waals surface area contributed by atoms with Crippen LogP contribution in [0.3, 0.4) is 0 Å². The summed E-state index contributed by atoms with van der Waals surface area (Å²) in [7, 11) is 0. The zero-order chi connectivity index (χ0) is 19.5. The predicted molar refractivity (Wildman–Crippen MR) is 119 cm³/mol. The lowest BCUT2D eigenvalue weighted by Gasteiger charge is -2.31. The van der Waals surface area contributed by atoms with Crippen molar-refractivity contribution in [1.29, 1.82) is 0 Å². The largest absolute Gasteiger partial charge is 0.357 e. The van der Waals surface area contributed by atoms with Crippen molar-refractivity contribution in [2.45, 2.75) is 76.5 Å². The fourth-order valence-electron chi connectivity index (χ4n) is 5.18. The quantitative estimate of drug-likeness (QED) is 0.547. The first kappa shape index (κ1) is 18.8. The van der Waals surface area contributed by atoms with Crippen LogP contribution in [0.5, 0.6) is 0 Å². The van der Waals surface area contributed by atoms with Gasteiger partial charge < -0.3 is 15.6 Å². The number of benzene rings is 1. The van der Waals surface area contributed by atoms with Crippen molar-refractivity contribution in [2.24, 2.45) is 0 Å². The molecule has 2 aliphatic carbocycles. The van der Waals surface area contributed by atoms with E-state index in [1.165, 1.54) is 73.5 Å². The Labute approximate surface area is 173 Å².